The number of urea groups is 1. The molecule has 0 fully saturated rings. The van der Waals surface area contributed by atoms with Crippen molar-refractivity contribution >= 4 is 18.0 Å². The average molecular weight is 288 g/mol. The third-order valence-electron chi connectivity index (χ3n) is 2.11. The standard InChI is InChI=1S/C12H20N2O6/c1-5-10(15)19-7-6-13-12(17)14-8(2)11(16)20-9(3)18-4/h5,8-9H,1,6-7H2,2-4H3,(H2,13,14,17). The molecule has 0 saturated heterocycles. The van der Waals surface area contributed by atoms with E-state index in [0.29, 0.717) is 0 Å². The Morgan fingerprint density at radius 3 is 2.50 bits per heavy atom. The summed E-state index contributed by atoms with van der Waals surface area (Å²) in [7, 11) is 1.40. The summed E-state index contributed by atoms with van der Waals surface area (Å²) in [6.07, 6.45) is 0.336. The normalized spacial score (nSPS) is 12.8. The van der Waals surface area contributed by atoms with Crippen LogP contribution in [0.4, 0.5) is 4.79 Å². The number of nitrogens with one attached hydrogen (secondary N) is 2. The number of carbonyl (C=O) groups excluding carboxylic acids is 3. The van der Waals surface area contributed by atoms with E-state index in [9.17, 15) is 14.4 Å². The highest BCUT2D eigenvalue weighted by Crippen LogP contribution is 1.95. The molecular formula is C12H20N2O6. The summed E-state index contributed by atoms with van der Waals surface area (Å²) in [5.74, 6) is -1.19. The number of rotatable bonds is 8. The number of hydrogen-bond donors (Lipinski definition) is 2. The zero-order valence-electron chi connectivity index (χ0n) is 11.8. The van der Waals surface area contributed by atoms with E-state index in [1.807, 2.05) is 0 Å². The maximum absolute atomic E-state index is 11.5. The van der Waals surface area contributed by atoms with Gasteiger partial charge in [-0.15, -0.1) is 0 Å². The van der Waals surface area contributed by atoms with Crippen molar-refractivity contribution in [2.24, 2.45) is 0 Å². The van der Waals surface area contributed by atoms with E-state index in [1.54, 1.807) is 6.92 Å². The van der Waals surface area contributed by atoms with Crippen LogP contribution in [0.15, 0.2) is 12.7 Å². The molecule has 0 aromatic carbocycles. The van der Waals surface area contributed by atoms with Gasteiger partial charge in [0.25, 0.3) is 0 Å². The predicted octanol–water partition coefficient (Wildman–Crippen LogP) is -0.0611. The van der Waals surface area contributed by atoms with Crippen LogP contribution in [-0.2, 0) is 23.8 Å². The maximum atomic E-state index is 11.5. The van der Waals surface area contributed by atoms with Gasteiger partial charge in [-0.1, -0.05) is 6.58 Å². The number of esters is 2. The van der Waals surface area contributed by atoms with Crippen molar-refractivity contribution in [2.75, 3.05) is 20.3 Å². The minimum absolute atomic E-state index is 0.0117. The summed E-state index contributed by atoms with van der Waals surface area (Å²) in [5, 5.41) is 4.79. The largest absolute Gasteiger partial charge is 0.461 e. The lowest BCUT2D eigenvalue weighted by Gasteiger charge is -2.16. The van der Waals surface area contributed by atoms with Crippen molar-refractivity contribution in [3.63, 3.8) is 0 Å². The summed E-state index contributed by atoms with van der Waals surface area (Å²) in [5.41, 5.74) is 0. The monoisotopic (exact) mass is 288 g/mol. The Balaban J connectivity index is 3.87. The third kappa shape index (κ3) is 8.09. The minimum Gasteiger partial charge on any atom is -0.461 e. The van der Waals surface area contributed by atoms with Gasteiger partial charge in [0.2, 0.25) is 0 Å². The van der Waals surface area contributed by atoms with Crippen LogP contribution in [0.25, 0.3) is 0 Å². The van der Waals surface area contributed by atoms with Crippen LogP contribution in [0.5, 0.6) is 0 Å². The second kappa shape index (κ2) is 9.79. The summed E-state index contributed by atoms with van der Waals surface area (Å²) in [6.45, 7) is 6.38. The molecule has 2 atom stereocenters. The highest BCUT2D eigenvalue weighted by Gasteiger charge is 2.18. The highest BCUT2D eigenvalue weighted by atomic mass is 16.7. The highest BCUT2D eigenvalue weighted by molar-refractivity contribution is 5.83. The van der Waals surface area contributed by atoms with Crippen molar-refractivity contribution in [3.05, 3.63) is 12.7 Å². The van der Waals surface area contributed by atoms with Gasteiger partial charge in [-0.2, -0.15) is 0 Å². The maximum Gasteiger partial charge on any atom is 0.330 e. The molecule has 0 aromatic rings. The first kappa shape index (κ1) is 17.9. The first-order valence-electron chi connectivity index (χ1n) is 5.97. The first-order valence-corrected chi connectivity index (χ1v) is 5.97. The van der Waals surface area contributed by atoms with E-state index in [-0.39, 0.29) is 13.2 Å². The molecular weight excluding hydrogens is 268 g/mol. The molecule has 8 heteroatoms. The molecule has 2 unspecified atom stereocenters. The fourth-order valence-electron chi connectivity index (χ4n) is 0.995. The lowest BCUT2D eigenvalue weighted by Crippen LogP contribution is -2.46. The van der Waals surface area contributed by atoms with Gasteiger partial charge in [-0.3, -0.25) is 0 Å². The van der Waals surface area contributed by atoms with Gasteiger partial charge >= 0.3 is 18.0 Å². The zero-order valence-corrected chi connectivity index (χ0v) is 11.8. The van der Waals surface area contributed by atoms with Crippen LogP contribution < -0.4 is 10.6 Å². The molecule has 0 radical (unpaired) electrons. The van der Waals surface area contributed by atoms with Gasteiger partial charge < -0.3 is 24.8 Å². The Kier molecular flexibility index (Phi) is 8.77. The Morgan fingerprint density at radius 1 is 1.30 bits per heavy atom. The predicted molar refractivity (Wildman–Crippen MR) is 69.7 cm³/mol. The van der Waals surface area contributed by atoms with E-state index in [4.69, 9.17) is 9.47 Å². The minimum atomic E-state index is -0.830. The SMILES string of the molecule is C=CC(=O)OCCNC(=O)NC(C)C(=O)OC(C)OC. The van der Waals surface area contributed by atoms with E-state index in [2.05, 4.69) is 21.9 Å². The second-order valence-corrected chi connectivity index (χ2v) is 3.73. The Morgan fingerprint density at radius 2 is 1.95 bits per heavy atom. The molecule has 0 aliphatic rings. The topological polar surface area (TPSA) is 103 Å². The fraction of sp³-hybridized carbons (Fsp3) is 0.583. The van der Waals surface area contributed by atoms with Crippen LogP contribution in [0.1, 0.15) is 13.8 Å². The molecule has 114 valence electrons. The van der Waals surface area contributed by atoms with E-state index in [0.717, 1.165) is 6.08 Å². The van der Waals surface area contributed by atoms with Gasteiger partial charge in [0, 0.05) is 13.2 Å². The first-order chi connectivity index (χ1) is 9.40. The van der Waals surface area contributed by atoms with Crippen LogP contribution in [0.3, 0.4) is 0 Å². The van der Waals surface area contributed by atoms with Gasteiger partial charge in [-0.25, -0.2) is 14.4 Å². The average Bonchev–Trinajstić information content (AvgIpc) is 2.42. The Labute approximate surface area is 117 Å². The van der Waals surface area contributed by atoms with Crippen molar-refractivity contribution in [1.29, 1.82) is 0 Å². The van der Waals surface area contributed by atoms with Crippen molar-refractivity contribution in [2.45, 2.75) is 26.2 Å². The molecule has 0 spiro atoms. The lowest BCUT2D eigenvalue weighted by molar-refractivity contribution is -0.171. The van der Waals surface area contributed by atoms with Crippen molar-refractivity contribution < 1.29 is 28.6 Å². The molecule has 0 aliphatic heterocycles. The number of methoxy groups -OCH3 is 1. The van der Waals surface area contributed by atoms with E-state index < -0.39 is 30.3 Å². The second-order valence-electron chi connectivity index (χ2n) is 3.73. The van der Waals surface area contributed by atoms with Gasteiger partial charge in [0.05, 0.1) is 6.54 Å². The number of carbonyl (C=O) groups is 3. The molecule has 20 heavy (non-hydrogen) atoms. The van der Waals surface area contributed by atoms with E-state index >= 15 is 0 Å². The molecule has 0 bridgehead atoms. The summed E-state index contributed by atoms with van der Waals surface area (Å²) < 4.78 is 14.3. The molecule has 2 N–H and O–H groups in total. The number of hydrogen-bond acceptors (Lipinski definition) is 6. The van der Waals surface area contributed by atoms with E-state index in [1.165, 1.54) is 14.0 Å². The van der Waals surface area contributed by atoms with Crippen LogP contribution in [0, 0.1) is 0 Å². The van der Waals surface area contributed by atoms with Crippen LogP contribution in [-0.4, -0.2) is 50.6 Å². The zero-order chi connectivity index (χ0) is 15.5. The van der Waals surface area contributed by atoms with Crippen LogP contribution in [0.2, 0.25) is 0 Å². The fourth-order valence-corrected chi connectivity index (χ4v) is 0.995. The Hall–Kier alpha value is -2.09. The molecule has 0 aliphatic carbocycles. The molecule has 0 saturated carbocycles. The molecule has 0 heterocycles. The van der Waals surface area contributed by atoms with Crippen molar-refractivity contribution in [1.82, 2.24) is 10.6 Å². The molecule has 2 amide bonds. The summed E-state index contributed by atoms with van der Waals surface area (Å²) >= 11 is 0. The third-order valence-corrected chi connectivity index (χ3v) is 2.11. The number of amides is 2. The number of ether oxygens (including phenoxy) is 3. The molecule has 0 aromatic heterocycles. The Bertz CT molecular complexity index is 358. The van der Waals surface area contributed by atoms with Crippen LogP contribution >= 0.6 is 0 Å². The molecule has 0 rings (SSSR count). The molecule has 8 nitrogen and oxygen atoms in total. The summed E-state index contributed by atoms with van der Waals surface area (Å²) in [6, 6.07) is -1.41. The van der Waals surface area contributed by atoms with Gasteiger partial charge in [0.1, 0.15) is 12.6 Å². The summed E-state index contributed by atoms with van der Waals surface area (Å²) in [4.78, 5) is 33.6. The quantitative estimate of drug-likeness (QED) is 0.281. The smallest absolute Gasteiger partial charge is 0.330 e. The van der Waals surface area contributed by atoms with Gasteiger partial charge in [-0.05, 0) is 13.8 Å². The lowest BCUT2D eigenvalue weighted by atomic mass is 10.3. The van der Waals surface area contributed by atoms with Gasteiger partial charge in [0.15, 0.2) is 6.29 Å². The van der Waals surface area contributed by atoms with Crippen molar-refractivity contribution in [3.8, 4) is 0 Å².